The third-order valence-corrected chi connectivity index (χ3v) is 6.94. The van der Waals surface area contributed by atoms with Crippen molar-refractivity contribution in [2.75, 3.05) is 12.3 Å². The standard InChI is InChI=1S/C31H46N4O5/c1-2-3-4-5-6-7-8-9-10-11-12-13-14-15-16-17-22-40-30-24-26(19-20-27(30)32)33-34-28-21-18-25(31(36)37)23-29(28)35(38)39/h18-21,23-24H,2-17,22,32H2,1H3,(H,36,37). The molecule has 0 aromatic heterocycles. The van der Waals surface area contributed by atoms with Crippen LogP contribution in [-0.4, -0.2) is 22.6 Å². The van der Waals surface area contributed by atoms with Crippen LogP contribution in [-0.2, 0) is 0 Å². The minimum atomic E-state index is -1.25. The zero-order valence-electron chi connectivity index (χ0n) is 24.0. The Kier molecular flexibility index (Phi) is 16.0. The van der Waals surface area contributed by atoms with E-state index in [0.29, 0.717) is 23.7 Å². The molecule has 0 aliphatic rings. The van der Waals surface area contributed by atoms with Gasteiger partial charge < -0.3 is 15.6 Å². The normalized spacial score (nSPS) is 11.2. The Balaban J connectivity index is 1.62. The molecular weight excluding hydrogens is 508 g/mol. The molecular formula is C31H46N4O5. The van der Waals surface area contributed by atoms with Crippen LogP contribution in [0.1, 0.15) is 120 Å². The van der Waals surface area contributed by atoms with E-state index in [1.807, 2.05) is 0 Å². The van der Waals surface area contributed by atoms with E-state index in [9.17, 15) is 14.9 Å². The van der Waals surface area contributed by atoms with Crippen molar-refractivity contribution < 1.29 is 19.6 Å². The maximum Gasteiger partial charge on any atom is 0.335 e. The van der Waals surface area contributed by atoms with Crippen molar-refractivity contribution in [1.29, 1.82) is 0 Å². The number of benzene rings is 2. The number of carboxylic acid groups (broad SMARTS) is 1. The second kappa shape index (κ2) is 19.6. The number of hydrogen-bond donors (Lipinski definition) is 2. The van der Waals surface area contributed by atoms with Crippen LogP contribution in [0.4, 0.5) is 22.7 Å². The molecule has 0 saturated carbocycles. The Morgan fingerprint density at radius 2 is 1.38 bits per heavy atom. The third kappa shape index (κ3) is 13.0. The fourth-order valence-electron chi connectivity index (χ4n) is 4.54. The van der Waals surface area contributed by atoms with E-state index in [4.69, 9.17) is 15.6 Å². The summed E-state index contributed by atoms with van der Waals surface area (Å²) in [6.45, 7) is 2.81. The number of nitro groups is 1. The number of nitrogen functional groups attached to an aromatic ring is 1. The van der Waals surface area contributed by atoms with E-state index in [0.717, 1.165) is 18.9 Å². The molecule has 2 aromatic carbocycles. The molecule has 220 valence electrons. The van der Waals surface area contributed by atoms with E-state index in [1.165, 1.54) is 102 Å². The van der Waals surface area contributed by atoms with Crippen LogP contribution in [0.2, 0.25) is 0 Å². The van der Waals surface area contributed by atoms with E-state index in [2.05, 4.69) is 17.2 Å². The van der Waals surface area contributed by atoms with Crippen molar-refractivity contribution in [3.63, 3.8) is 0 Å². The number of rotatable bonds is 22. The molecule has 0 spiro atoms. The van der Waals surface area contributed by atoms with Gasteiger partial charge in [-0.2, -0.15) is 5.11 Å². The second-order valence-electron chi connectivity index (χ2n) is 10.3. The van der Waals surface area contributed by atoms with Crippen molar-refractivity contribution in [1.82, 2.24) is 0 Å². The maximum absolute atomic E-state index is 11.3. The monoisotopic (exact) mass is 554 g/mol. The lowest BCUT2D eigenvalue weighted by Crippen LogP contribution is -2.00. The molecule has 0 atom stereocenters. The van der Waals surface area contributed by atoms with Crippen LogP contribution in [0.5, 0.6) is 5.75 Å². The minimum Gasteiger partial charge on any atom is -0.491 e. The summed E-state index contributed by atoms with van der Waals surface area (Å²) in [7, 11) is 0. The number of anilines is 1. The van der Waals surface area contributed by atoms with Crippen molar-refractivity contribution >= 4 is 28.7 Å². The van der Waals surface area contributed by atoms with Crippen LogP contribution >= 0.6 is 0 Å². The van der Waals surface area contributed by atoms with E-state index >= 15 is 0 Å². The average Bonchev–Trinajstić information content (AvgIpc) is 2.94. The molecule has 9 heteroatoms. The van der Waals surface area contributed by atoms with Gasteiger partial charge in [0.15, 0.2) is 5.69 Å². The fourth-order valence-corrected chi connectivity index (χ4v) is 4.54. The lowest BCUT2D eigenvalue weighted by Gasteiger charge is -2.09. The van der Waals surface area contributed by atoms with Gasteiger partial charge in [-0.25, -0.2) is 4.79 Å². The van der Waals surface area contributed by atoms with Gasteiger partial charge >= 0.3 is 5.97 Å². The topological polar surface area (TPSA) is 140 Å². The Morgan fingerprint density at radius 3 is 1.90 bits per heavy atom. The highest BCUT2D eigenvalue weighted by atomic mass is 16.6. The molecule has 3 N–H and O–H groups in total. The highest BCUT2D eigenvalue weighted by Crippen LogP contribution is 2.32. The number of unbranched alkanes of at least 4 members (excludes halogenated alkanes) is 15. The molecule has 40 heavy (non-hydrogen) atoms. The quantitative estimate of drug-likeness (QED) is 0.0487. The summed E-state index contributed by atoms with van der Waals surface area (Å²) in [5.41, 5.74) is 6.28. The Labute approximate surface area is 238 Å². The summed E-state index contributed by atoms with van der Waals surface area (Å²) in [6, 6.07) is 8.41. The van der Waals surface area contributed by atoms with Gasteiger partial charge in [0.2, 0.25) is 0 Å². The number of ether oxygens (including phenoxy) is 1. The number of nitrogens with two attached hydrogens (primary N) is 1. The third-order valence-electron chi connectivity index (χ3n) is 6.94. The summed E-state index contributed by atoms with van der Waals surface area (Å²) in [5.74, 6) is -0.760. The number of carbonyl (C=O) groups is 1. The Bertz CT molecular complexity index is 1070. The average molecular weight is 555 g/mol. The van der Waals surface area contributed by atoms with Gasteiger partial charge in [-0.3, -0.25) is 10.1 Å². The molecule has 0 aliphatic heterocycles. The molecule has 9 nitrogen and oxygen atoms in total. The van der Waals surface area contributed by atoms with E-state index < -0.39 is 16.6 Å². The van der Waals surface area contributed by atoms with Gasteiger partial charge in [0, 0.05) is 12.1 Å². The largest absolute Gasteiger partial charge is 0.491 e. The van der Waals surface area contributed by atoms with Crippen LogP contribution in [0, 0.1) is 10.1 Å². The number of nitrogens with zero attached hydrogens (tertiary/aromatic N) is 3. The minimum absolute atomic E-state index is 0.0394. The fraction of sp³-hybridized carbons (Fsp3) is 0.581. The Morgan fingerprint density at radius 1 is 0.825 bits per heavy atom. The SMILES string of the molecule is CCCCCCCCCCCCCCCCCCOc1cc(N=Nc2ccc(C(=O)O)cc2[N+](=O)[O-])ccc1N. The lowest BCUT2D eigenvalue weighted by molar-refractivity contribution is -0.384. The lowest BCUT2D eigenvalue weighted by atomic mass is 10.0. The number of nitro benzene ring substituents is 1. The van der Waals surface area contributed by atoms with Gasteiger partial charge in [-0.1, -0.05) is 103 Å². The predicted octanol–water partition coefficient (Wildman–Crippen LogP) is 9.93. The summed E-state index contributed by atoms with van der Waals surface area (Å²) in [6.07, 6.45) is 21.0. The van der Waals surface area contributed by atoms with Crippen molar-refractivity contribution in [2.45, 2.75) is 110 Å². The van der Waals surface area contributed by atoms with Crippen molar-refractivity contribution in [3.8, 4) is 5.75 Å². The summed E-state index contributed by atoms with van der Waals surface area (Å²) >= 11 is 0. The molecule has 0 aliphatic carbocycles. The van der Waals surface area contributed by atoms with E-state index in [-0.39, 0.29) is 11.3 Å². The molecule has 0 unspecified atom stereocenters. The van der Waals surface area contributed by atoms with Crippen LogP contribution in [0.3, 0.4) is 0 Å². The van der Waals surface area contributed by atoms with Gasteiger partial charge in [0.25, 0.3) is 5.69 Å². The summed E-state index contributed by atoms with van der Waals surface area (Å²) in [5, 5.41) is 28.4. The number of azo groups is 1. The zero-order valence-corrected chi connectivity index (χ0v) is 24.0. The molecule has 0 fully saturated rings. The molecule has 0 radical (unpaired) electrons. The van der Waals surface area contributed by atoms with Crippen molar-refractivity contribution in [3.05, 3.63) is 52.1 Å². The van der Waals surface area contributed by atoms with Gasteiger partial charge in [0.1, 0.15) is 5.75 Å². The van der Waals surface area contributed by atoms with Gasteiger partial charge in [-0.15, -0.1) is 5.11 Å². The number of hydrogen-bond acceptors (Lipinski definition) is 7. The first kappa shape index (κ1) is 32.7. The number of carboxylic acids is 1. The molecule has 2 rings (SSSR count). The van der Waals surface area contributed by atoms with Gasteiger partial charge in [0.05, 0.1) is 28.5 Å². The first-order valence-electron chi connectivity index (χ1n) is 14.9. The predicted molar refractivity (Wildman–Crippen MR) is 160 cm³/mol. The highest BCUT2D eigenvalue weighted by Gasteiger charge is 2.17. The second-order valence-corrected chi connectivity index (χ2v) is 10.3. The van der Waals surface area contributed by atoms with E-state index in [1.54, 1.807) is 18.2 Å². The zero-order chi connectivity index (χ0) is 29.0. The Hall–Kier alpha value is -3.49. The van der Waals surface area contributed by atoms with Crippen LogP contribution < -0.4 is 10.5 Å². The summed E-state index contributed by atoms with van der Waals surface area (Å²) < 4.78 is 5.85. The highest BCUT2D eigenvalue weighted by molar-refractivity contribution is 5.89. The first-order valence-corrected chi connectivity index (χ1v) is 14.9. The molecule has 0 saturated heterocycles. The van der Waals surface area contributed by atoms with Gasteiger partial charge in [-0.05, 0) is 30.7 Å². The molecule has 0 heterocycles. The molecule has 0 bridgehead atoms. The van der Waals surface area contributed by atoms with Crippen LogP contribution in [0.15, 0.2) is 46.6 Å². The first-order chi connectivity index (χ1) is 19.4. The van der Waals surface area contributed by atoms with Crippen LogP contribution in [0.25, 0.3) is 0 Å². The van der Waals surface area contributed by atoms with Crippen molar-refractivity contribution in [2.24, 2.45) is 10.2 Å². The molecule has 0 amide bonds. The summed E-state index contributed by atoms with van der Waals surface area (Å²) in [4.78, 5) is 21.7. The smallest absolute Gasteiger partial charge is 0.335 e. The molecule has 2 aromatic rings. The number of aromatic carboxylic acids is 1. The maximum atomic E-state index is 11.3.